The van der Waals surface area contributed by atoms with Crippen LogP contribution in [0.2, 0.25) is 0 Å². The highest BCUT2D eigenvalue weighted by atomic mass is 16.5. The first-order valence-electron chi connectivity index (χ1n) is 7.20. The lowest BCUT2D eigenvalue weighted by molar-refractivity contribution is 0.0600. The molecule has 2 rings (SSSR count). The van der Waals surface area contributed by atoms with Crippen LogP contribution in [0.4, 0.5) is 5.69 Å². The largest absolute Gasteiger partial charge is 0.465 e. The molecule has 6 nitrogen and oxygen atoms in total. The highest BCUT2D eigenvalue weighted by Crippen LogP contribution is 2.27. The van der Waals surface area contributed by atoms with Crippen LogP contribution in [0, 0.1) is 6.92 Å². The molecule has 1 aromatic heterocycles. The number of carbonyl (C=O) groups excluding carboxylic acids is 2. The lowest BCUT2D eigenvalue weighted by atomic mass is 9.88. The minimum atomic E-state index is -0.461. The maximum atomic E-state index is 12.6. The van der Waals surface area contributed by atoms with Gasteiger partial charge in [0.1, 0.15) is 17.0 Å². The monoisotopic (exact) mass is 316 g/mol. The topological polar surface area (TPSA) is 81.4 Å². The van der Waals surface area contributed by atoms with Crippen LogP contribution >= 0.6 is 0 Å². The van der Waals surface area contributed by atoms with Crippen molar-refractivity contribution in [2.45, 2.75) is 33.1 Å². The van der Waals surface area contributed by atoms with Crippen LogP contribution in [0.25, 0.3) is 0 Å². The average molecular weight is 316 g/mol. The lowest BCUT2D eigenvalue weighted by Crippen LogP contribution is -2.21. The third-order valence-electron chi connectivity index (χ3n) is 3.34. The molecule has 0 bridgehead atoms. The molecule has 0 aliphatic rings. The van der Waals surface area contributed by atoms with Gasteiger partial charge in [0.05, 0.1) is 12.7 Å². The third-order valence-corrected chi connectivity index (χ3v) is 3.34. The Kier molecular flexibility index (Phi) is 4.54. The van der Waals surface area contributed by atoms with Gasteiger partial charge in [-0.15, -0.1) is 0 Å². The fourth-order valence-corrected chi connectivity index (χ4v) is 2.19. The molecule has 0 aliphatic carbocycles. The summed E-state index contributed by atoms with van der Waals surface area (Å²) in [7, 11) is 1.31. The predicted molar refractivity (Wildman–Crippen MR) is 85.7 cm³/mol. The number of hydrogen-bond acceptors (Lipinski definition) is 5. The Labute approximate surface area is 134 Å². The van der Waals surface area contributed by atoms with Crippen molar-refractivity contribution >= 4 is 17.6 Å². The molecular formula is C17H20N2O4. The highest BCUT2D eigenvalue weighted by Gasteiger charge is 2.28. The van der Waals surface area contributed by atoms with E-state index in [1.165, 1.54) is 7.11 Å². The molecule has 0 aliphatic heterocycles. The molecule has 0 saturated heterocycles. The zero-order valence-corrected chi connectivity index (χ0v) is 13.9. The number of benzene rings is 1. The molecule has 23 heavy (non-hydrogen) atoms. The van der Waals surface area contributed by atoms with Crippen LogP contribution in [0.5, 0.6) is 0 Å². The second-order valence-corrected chi connectivity index (χ2v) is 6.24. The van der Waals surface area contributed by atoms with Crippen molar-refractivity contribution in [3.63, 3.8) is 0 Å². The molecular weight excluding hydrogens is 296 g/mol. The number of aryl methyl sites for hydroxylation is 1. The summed E-state index contributed by atoms with van der Waals surface area (Å²) in [4.78, 5) is 24.1. The van der Waals surface area contributed by atoms with Gasteiger partial charge < -0.3 is 14.6 Å². The SMILES string of the molecule is COC(=O)c1cccc(NC(=O)c2c(C(C)(C)C)noc2C)c1. The summed E-state index contributed by atoms with van der Waals surface area (Å²) in [5.74, 6) is -0.329. The van der Waals surface area contributed by atoms with E-state index in [9.17, 15) is 9.59 Å². The number of aromatic nitrogens is 1. The van der Waals surface area contributed by atoms with Crippen LogP contribution in [0.15, 0.2) is 28.8 Å². The predicted octanol–water partition coefficient (Wildman–Crippen LogP) is 3.32. The molecule has 0 fully saturated rings. The van der Waals surface area contributed by atoms with Crippen molar-refractivity contribution in [1.82, 2.24) is 5.16 Å². The molecule has 1 aromatic carbocycles. The molecule has 1 heterocycles. The van der Waals surface area contributed by atoms with E-state index in [4.69, 9.17) is 4.52 Å². The van der Waals surface area contributed by atoms with Gasteiger partial charge in [-0.3, -0.25) is 4.79 Å². The minimum Gasteiger partial charge on any atom is -0.465 e. The standard InChI is InChI=1S/C17H20N2O4/c1-10-13(14(19-23-10)17(2,3)4)15(20)18-12-8-6-7-11(9-12)16(21)22-5/h6-9H,1-5H3,(H,18,20). The Morgan fingerprint density at radius 3 is 2.57 bits per heavy atom. The highest BCUT2D eigenvalue weighted by molar-refractivity contribution is 6.06. The van der Waals surface area contributed by atoms with Crippen molar-refractivity contribution in [3.8, 4) is 0 Å². The third kappa shape index (κ3) is 3.59. The number of rotatable bonds is 3. The summed E-state index contributed by atoms with van der Waals surface area (Å²) in [5.41, 5.74) is 1.55. The van der Waals surface area contributed by atoms with Gasteiger partial charge in [-0.05, 0) is 25.1 Å². The number of nitrogens with one attached hydrogen (secondary N) is 1. The van der Waals surface area contributed by atoms with Crippen molar-refractivity contribution in [2.24, 2.45) is 0 Å². The number of esters is 1. The summed E-state index contributed by atoms with van der Waals surface area (Å²) in [5, 5.41) is 6.77. The van der Waals surface area contributed by atoms with Crippen LogP contribution < -0.4 is 5.32 Å². The van der Waals surface area contributed by atoms with Gasteiger partial charge in [0.2, 0.25) is 0 Å². The number of carbonyl (C=O) groups is 2. The molecule has 122 valence electrons. The number of ether oxygens (including phenoxy) is 1. The van der Waals surface area contributed by atoms with Gasteiger partial charge in [0.25, 0.3) is 5.91 Å². The number of hydrogen-bond donors (Lipinski definition) is 1. The van der Waals surface area contributed by atoms with Gasteiger partial charge >= 0.3 is 5.97 Å². The second-order valence-electron chi connectivity index (χ2n) is 6.24. The summed E-state index contributed by atoms with van der Waals surface area (Å²) in [6.45, 7) is 7.57. The molecule has 0 atom stereocenters. The summed E-state index contributed by atoms with van der Waals surface area (Å²) in [6, 6.07) is 6.55. The number of nitrogens with zero attached hydrogens (tertiary/aromatic N) is 1. The van der Waals surface area contributed by atoms with Crippen molar-refractivity contribution < 1.29 is 18.8 Å². The van der Waals surface area contributed by atoms with Gasteiger partial charge in [0, 0.05) is 11.1 Å². The molecule has 1 amide bonds. The number of amides is 1. The smallest absolute Gasteiger partial charge is 0.337 e. The molecule has 2 aromatic rings. The molecule has 0 saturated carbocycles. The first kappa shape index (κ1) is 16.7. The lowest BCUT2D eigenvalue weighted by Gasteiger charge is -2.16. The Bertz CT molecular complexity index is 741. The van der Waals surface area contributed by atoms with Crippen molar-refractivity contribution in [1.29, 1.82) is 0 Å². The molecule has 6 heteroatoms. The van der Waals surface area contributed by atoms with E-state index in [1.807, 2.05) is 20.8 Å². The fourth-order valence-electron chi connectivity index (χ4n) is 2.19. The van der Waals surface area contributed by atoms with Gasteiger partial charge in [-0.25, -0.2) is 4.79 Å². The Morgan fingerprint density at radius 1 is 1.26 bits per heavy atom. The molecule has 0 unspecified atom stereocenters. The summed E-state index contributed by atoms with van der Waals surface area (Å²) in [6.07, 6.45) is 0. The van der Waals surface area contributed by atoms with Crippen LogP contribution in [0.1, 0.15) is 52.9 Å². The van der Waals surface area contributed by atoms with Crippen LogP contribution in [-0.2, 0) is 10.2 Å². The van der Waals surface area contributed by atoms with Gasteiger partial charge in [0.15, 0.2) is 0 Å². The van der Waals surface area contributed by atoms with E-state index in [0.717, 1.165) is 0 Å². The molecule has 0 spiro atoms. The zero-order valence-electron chi connectivity index (χ0n) is 13.9. The fraction of sp³-hybridized carbons (Fsp3) is 0.353. The van der Waals surface area contributed by atoms with Crippen LogP contribution in [0.3, 0.4) is 0 Å². The van der Waals surface area contributed by atoms with E-state index in [1.54, 1.807) is 31.2 Å². The quantitative estimate of drug-likeness (QED) is 0.878. The van der Waals surface area contributed by atoms with E-state index >= 15 is 0 Å². The zero-order chi connectivity index (χ0) is 17.2. The Morgan fingerprint density at radius 2 is 1.96 bits per heavy atom. The average Bonchev–Trinajstić information content (AvgIpc) is 2.88. The maximum Gasteiger partial charge on any atom is 0.337 e. The minimum absolute atomic E-state index is 0.321. The number of anilines is 1. The normalized spacial score (nSPS) is 11.2. The van der Waals surface area contributed by atoms with E-state index in [-0.39, 0.29) is 11.3 Å². The van der Waals surface area contributed by atoms with Crippen LogP contribution in [-0.4, -0.2) is 24.1 Å². The van der Waals surface area contributed by atoms with E-state index in [0.29, 0.717) is 28.3 Å². The van der Waals surface area contributed by atoms with Gasteiger partial charge in [-0.2, -0.15) is 0 Å². The Hall–Kier alpha value is -2.63. The van der Waals surface area contributed by atoms with Gasteiger partial charge in [-0.1, -0.05) is 32.0 Å². The second kappa shape index (κ2) is 6.24. The number of methoxy groups -OCH3 is 1. The van der Waals surface area contributed by atoms with E-state index in [2.05, 4.69) is 15.2 Å². The first-order chi connectivity index (χ1) is 10.7. The Balaban J connectivity index is 2.30. The van der Waals surface area contributed by atoms with Crippen molar-refractivity contribution in [3.05, 3.63) is 46.8 Å². The van der Waals surface area contributed by atoms with Crippen molar-refractivity contribution in [2.75, 3.05) is 12.4 Å². The summed E-state index contributed by atoms with van der Waals surface area (Å²) < 4.78 is 9.85. The maximum absolute atomic E-state index is 12.6. The first-order valence-corrected chi connectivity index (χ1v) is 7.20. The molecule has 0 radical (unpaired) electrons. The summed E-state index contributed by atoms with van der Waals surface area (Å²) >= 11 is 0. The van der Waals surface area contributed by atoms with E-state index < -0.39 is 5.97 Å². The molecule has 1 N–H and O–H groups in total.